The predicted molar refractivity (Wildman–Crippen MR) is 131 cm³/mol. The standard InChI is InChI=1S/C25H32N8O2/c1-32-12-10-21(30-32)29-22(34)14-16-5-4-7-18(13-16)28-24-23-20(9-11-27-25(23)35)33(31-24)19-8-3-2-6-17(19)15-26/h4-5,7,10,12-13,17,19-20,23-24,28,31H,2-3,6,8-9,11,14H2,1H3,(H,27,35)(H,29,30,34)/t17-,19+,20?,23?,24?/m0/s1. The van der Waals surface area contributed by atoms with E-state index < -0.39 is 0 Å². The van der Waals surface area contributed by atoms with Crippen LogP contribution in [0.25, 0.3) is 0 Å². The van der Waals surface area contributed by atoms with Crippen molar-refractivity contribution in [3.8, 4) is 6.07 Å². The number of aryl methyl sites for hydroxylation is 1. The maximum atomic E-state index is 12.9. The second kappa shape index (κ2) is 10.1. The van der Waals surface area contributed by atoms with E-state index in [1.807, 2.05) is 24.3 Å². The minimum Gasteiger partial charge on any atom is -0.368 e. The van der Waals surface area contributed by atoms with Gasteiger partial charge in [-0.3, -0.25) is 14.3 Å². The topological polar surface area (TPSA) is 127 Å². The first-order valence-electron chi connectivity index (χ1n) is 12.4. The zero-order chi connectivity index (χ0) is 24.4. The number of hydrazine groups is 1. The molecule has 1 aromatic carbocycles. The number of nitriles is 1. The van der Waals surface area contributed by atoms with Gasteiger partial charge in [0, 0.05) is 43.6 Å². The Hall–Kier alpha value is -3.42. The van der Waals surface area contributed by atoms with Gasteiger partial charge in [0.15, 0.2) is 5.82 Å². The molecule has 1 aromatic heterocycles. The van der Waals surface area contributed by atoms with E-state index in [-0.39, 0.29) is 48.3 Å². The largest absolute Gasteiger partial charge is 0.368 e. The third-order valence-electron chi connectivity index (χ3n) is 7.31. The van der Waals surface area contributed by atoms with Crippen LogP contribution in [-0.2, 0) is 23.1 Å². The molecule has 0 radical (unpaired) electrons. The molecule has 10 heteroatoms. The van der Waals surface area contributed by atoms with Crippen molar-refractivity contribution in [2.24, 2.45) is 18.9 Å². The molecule has 2 aliphatic heterocycles. The van der Waals surface area contributed by atoms with Crippen LogP contribution in [0, 0.1) is 23.2 Å². The third-order valence-corrected chi connectivity index (χ3v) is 7.31. The van der Waals surface area contributed by atoms with Crippen LogP contribution < -0.4 is 21.4 Å². The summed E-state index contributed by atoms with van der Waals surface area (Å²) in [6, 6.07) is 12.1. The lowest BCUT2D eigenvalue weighted by molar-refractivity contribution is -0.128. The number of piperidine rings is 1. The fourth-order valence-electron chi connectivity index (χ4n) is 5.70. The third kappa shape index (κ3) is 5.01. The van der Waals surface area contributed by atoms with E-state index in [1.54, 1.807) is 24.0 Å². The van der Waals surface area contributed by atoms with Crippen LogP contribution in [0.1, 0.15) is 37.7 Å². The van der Waals surface area contributed by atoms with E-state index in [1.165, 1.54) is 0 Å². The van der Waals surface area contributed by atoms with E-state index in [0.717, 1.165) is 43.4 Å². The van der Waals surface area contributed by atoms with E-state index in [4.69, 9.17) is 0 Å². The number of benzene rings is 1. The summed E-state index contributed by atoms with van der Waals surface area (Å²) in [4.78, 5) is 25.4. The lowest BCUT2D eigenvalue weighted by atomic mass is 9.83. The average Bonchev–Trinajstić information content (AvgIpc) is 3.43. The normalized spacial score (nSPS) is 28.6. The first-order valence-corrected chi connectivity index (χ1v) is 12.4. The number of carbonyl (C=O) groups is 2. The van der Waals surface area contributed by atoms with Crippen LogP contribution in [0.2, 0.25) is 0 Å². The van der Waals surface area contributed by atoms with Crippen LogP contribution in [-0.4, -0.2) is 51.4 Å². The summed E-state index contributed by atoms with van der Waals surface area (Å²) in [5, 5.41) is 25.4. The quantitative estimate of drug-likeness (QED) is 0.500. The summed E-state index contributed by atoms with van der Waals surface area (Å²) in [5.41, 5.74) is 5.26. The molecule has 2 aromatic rings. The summed E-state index contributed by atoms with van der Waals surface area (Å²) >= 11 is 0. The summed E-state index contributed by atoms with van der Waals surface area (Å²) in [6.07, 6.45) is 6.61. The van der Waals surface area contributed by atoms with Gasteiger partial charge in [0.25, 0.3) is 0 Å². The second-order valence-corrected chi connectivity index (χ2v) is 9.72. The van der Waals surface area contributed by atoms with Crippen LogP contribution in [0.5, 0.6) is 0 Å². The van der Waals surface area contributed by atoms with Gasteiger partial charge in [-0.1, -0.05) is 25.0 Å². The molecular weight excluding hydrogens is 444 g/mol. The maximum Gasteiger partial charge on any atom is 0.229 e. The first-order chi connectivity index (χ1) is 17.0. The van der Waals surface area contributed by atoms with Crippen molar-refractivity contribution in [3.63, 3.8) is 0 Å². The molecule has 2 saturated heterocycles. The molecule has 35 heavy (non-hydrogen) atoms. The number of nitrogens with one attached hydrogen (secondary N) is 4. The van der Waals surface area contributed by atoms with Crippen molar-refractivity contribution in [1.82, 2.24) is 25.5 Å². The van der Waals surface area contributed by atoms with Gasteiger partial charge in [0.05, 0.1) is 24.3 Å². The molecule has 3 fully saturated rings. The van der Waals surface area contributed by atoms with Crippen molar-refractivity contribution >= 4 is 23.3 Å². The van der Waals surface area contributed by atoms with Crippen molar-refractivity contribution in [2.75, 3.05) is 17.2 Å². The summed E-state index contributed by atoms with van der Waals surface area (Å²) < 4.78 is 1.64. The van der Waals surface area contributed by atoms with Gasteiger partial charge >= 0.3 is 0 Å². The van der Waals surface area contributed by atoms with Gasteiger partial charge in [-0.2, -0.15) is 10.4 Å². The van der Waals surface area contributed by atoms with E-state index in [2.05, 4.69) is 37.6 Å². The van der Waals surface area contributed by atoms with Gasteiger partial charge in [-0.15, -0.1) is 0 Å². The number of hydrogen-bond acceptors (Lipinski definition) is 7. The Morgan fingerprint density at radius 1 is 1.23 bits per heavy atom. The number of anilines is 2. The number of fused-ring (bicyclic) bond motifs is 1. The zero-order valence-electron chi connectivity index (χ0n) is 19.9. The summed E-state index contributed by atoms with van der Waals surface area (Å²) in [5.74, 6) is 0.124. The Morgan fingerprint density at radius 2 is 2.09 bits per heavy atom. The van der Waals surface area contributed by atoms with Crippen molar-refractivity contribution in [3.05, 3.63) is 42.1 Å². The molecular formula is C25H32N8O2. The fraction of sp³-hybridized carbons (Fsp3) is 0.520. The molecule has 3 aliphatic rings. The molecule has 2 amide bonds. The molecule has 5 atom stereocenters. The second-order valence-electron chi connectivity index (χ2n) is 9.72. The Morgan fingerprint density at radius 3 is 2.89 bits per heavy atom. The summed E-state index contributed by atoms with van der Waals surface area (Å²) in [7, 11) is 1.80. The molecule has 10 nitrogen and oxygen atoms in total. The highest BCUT2D eigenvalue weighted by atomic mass is 16.2. The van der Waals surface area contributed by atoms with Crippen molar-refractivity contribution in [1.29, 1.82) is 5.26 Å². The van der Waals surface area contributed by atoms with Crippen LogP contribution in [0.3, 0.4) is 0 Å². The van der Waals surface area contributed by atoms with Crippen molar-refractivity contribution < 1.29 is 9.59 Å². The number of amides is 2. The van der Waals surface area contributed by atoms with Gasteiger partial charge in [0.2, 0.25) is 11.8 Å². The molecule has 1 saturated carbocycles. The molecule has 4 N–H and O–H groups in total. The highest BCUT2D eigenvalue weighted by molar-refractivity contribution is 5.91. The number of aromatic nitrogens is 2. The highest BCUT2D eigenvalue weighted by Crippen LogP contribution is 2.36. The molecule has 0 bridgehead atoms. The van der Waals surface area contributed by atoms with Gasteiger partial charge in [-0.25, -0.2) is 10.4 Å². The maximum absolute atomic E-state index is 12.9. The van der Waals surface area contributed by atoms with Gasteiger partial charge in [0.1, 0.15) is 6.17 Å². The number of carbonyl (C=O) groups excluding carboxylic acids is 2. The van der Waals surface area contributed by atoms with E-state index in [9.17, 15) is 14.9 Å². The Labute approximate surface area is 205 Å². The SMILES string of the molecule is Cn1ccc(NC(=O)Cc2cccc(NC3NN([C@@H]4CCCC[C@H]4C#N)C4CCNC(=O)C34)c2)n1. The molecule has 1 aliphatic carbocycles. The number of nitrogens with zero attached hydrogens (tertiary/aromatic N) is 4. The smallest absolute Gasteiger partial charge is 0.229 e. The minimum absolute atomic E-state index is 0.0263. The van der Waals surface area contributed by atoms with Crippen molar-refractivity contribution in [2.45, 2.75) is 56.8 Å². The van der Waals surface area contributed by atoms with E-state index >= 15 is 0 Å². The zero-order valence-corrected chi connectivity index (χ0v) is 19.9. The molecule has 3 heterocycles. The first kappa shape index (κ1) is 23.3. The highest BCUT2D eigenvalue weighted by Gasteiger charge is 2.51. The van der Waals surface area contributed by atoms with E-state index in [0.29, 0.717) is 12.4 Å². The fourth-order valence-corrected chi connectivity index (χ4v) is 5.70. The summed E-state index contributed by atoms with van der Waals surface area (Å²) in [6.45, 7) is 0.649. The Bertz CT molecular complexity index is 1120. The molecule has 5 rings (SSSR count). The lowest BCUT2D eigenvalue weighted by Gasteiger charge is -2.39. The monoisotopic (exact) mass is 476 g/mol. The molecule has 0 spiro atoms. The van der Waals surface area contributed by atoms with Crippen LogP contribution in [0.4, 0.5) is 11.5 Å². The Kier molecular flexibility index (Phi) is 6.70. The average molecular weight is 477 g/mol. The molecule has 184 valence electrons. The number of hydrogen-bond donors (Lipinski definition) is 4. The van der Waals surface area contributed by atoms with Crippen LogP contribution >= 0.6 is 0 Å². The van der Waals surface area contributed by atoms with Gasteiger partial charge < -0.3 is 16.0 Å². The molecule has 3 unspecified atom stereocenters. The predicted octanol–water partition coefficient (Wildman–Crippen LogP) is 1.75. The minimum atomic E-state index is -0.292. The lowest BCUT2D eigenvalue weighted by Crippen LogP contribution is -2.54. The number of rotatable bonds is 6. The van der Waals surface area contributed by atoms with Gasteiger partial charge in [-0.05, 0) is 37.0 Å². The van der Waals surface area contributed by atoms with Crippen LogP contribution in [0.15, 0.2) is 36.5 Å². The Balaban J connectivity index is 1.29.